The van der Waals surface area contributed by atoms with Gasteiger partial charge in [0, 0.05) is 18.3 Å². The van der Waals surface area contributed by atoms with Gasteiger partial charge < -0.3 is 5.32 Å². The molecule has 3 heteroatoms. The fourth-order valence-electron chi connectivity index (χ4n) is 2.07. The Morgan fingerprint density at radius 1 is 1.38 bits per heavy atom. The van der Waals surface area contributed by atoms with E-state index in [2.05, 4.69) is 55.8 Å². The van der Waals surface area contributed by atoms with E-state index < -0.39 is 0 Å². The van der Waals surface area contributed by atoms with Crippen molar-refractivity contribution in [3.63, 3.8) is 0 Å². The van der Waals surface area contributed by atoms with Crippen LogP contribution in [0.25, 0.3) is 0 Å². The van der Waals surface area contributed by atoms with Gasteiger partial charge in [-0.05, 0) is 45.7 Å². The van der Waals surface area contributed by atoms with E-state index in [-0.39, 0.29) is 0 Å². The van der Waals surface area contributed by atoms with E-state index in [1.807, 2.05) is 0 Å². The Bertz CT molecular complexity index is 317. The molecule has 0 aromatic carbocycles. The zero-order chi connectivity index (χ0) is 12.1. The summed E-state index contributed by atoms with van der Waals surface area (Å²) in [4.78, 5) is 0. The molecule has 0 aliphatic rings. The maximum atomic E-state index is 4.48. The summed E-state index contributed by atoms with van der Waals surface area (Å²) in [5.41, 5.74) is 2.48. The lowest BCUT2D eigenvalue weighted by atomic mass is 9.97. The normalized spacial score (nSPS) is 15.1. The molecular weight excluding hydrogens is 198 g/mol. The van der Waals surface area contributed by atoms with E-state index in [9.17, 15) is 0 Å². The SMILES string of the molecule is CCNC(C)C(C)Cc1cc(C)nn1CC. The average molecular weight is 223 g/mol. The highest BCUT2D eigenvalue weighted by Crippen LogP contribution is 2.13. The molecule has 1 rings (SSSR count). The summed E-state index contributed by atoms with van der Waals surface area (Å²) in [5.74, 6) is 0.640. The summed E-state index contributed by atoms with van der Waals surface area (Å²) in [6, 6.07) is 2.77. The van der Waals surface area contributed by atoms with Gasteiger partial charge in [0.05, 0.1) is 5.69 Å². The third-order valence-electron chi connectivity index (χ3n) is 3.20. The first kappa shape index (κ1) is 13.2. The number of aryl methyl sites for hydroxylation is 2. The molecule has 1 N–H and O–H groups in total. The highest BCUT2D eigenvalue weighted by atomic mass is 15.3. The van der Waals surface area contributed by atoms with Crippen molar-refractivity contribution in [2.24, 2.45) is 5.92 Å². The van der Waals surface area contributed by atoms with Gasteiger partial charge in [-0.2, -0.15) is 5.10 Å². The smallest absolute Gasteiger partial charge is 0.0596 e. The highest BCUT2D eigenvalue weighted by Gasteiger charge is 2.14. The molecule has 0 saturated carbocycles. The van der Waals surface area contributed by atoms with Gasteiger partial charge in [0.25, 0.3) is 0 Å². The minimum absolute atomic E-state index is 0.561. The molecule has 0 saturated heterocycles. The molecule has 0 fully saturated rings. The van der Waals surface area contributed by atoms with Crippen LogP contribution in [0.1, 0.15) is 39.1 Å². The molecule has 0 aliphatic heterocycles. The minimum Gasteiger partial charge on any atom is -0.314 e. The standard InChI is InChI=1S/C13H25N3/c1-6-14-12(5)10(3)8-13-9-11(4)15-16(13)7-2/h9-10,12,14H,6-8H2,1-5H3. The van der Waals surface area contributed by atoms with Crippen molar-refractivity contribution in [2.45, 2.75) is 53.6 Å². The lowest BCUT2D eigenvalue weighted by molar-refractivity contribution is 0.396. The van der Waals surface area contributed by atoms with Gasteiger partial charge in [0.1, 0.15) is 0 Å². The molecule has 2 unspecified atom stereocenters. The predicted octanol–water partition coefficient (Wildman–Crippen LogP) is 2.39. The van der Waals surface area contributed by atoms with Gasteiger partial charge in [-0.25, -0.2) is 0 Å². The van der Waals surface area contributed by atoms with Crippen molar-refractivity contribution in [2.75, 3.05) is 6.54 Å². The van der Waals surface area contributed by atoms with Crippen molar-refractivity contribution in [3.05, 3.63) is 17.5 Å². The molecule has 1 aromatic rings. The fraction of sp³-hybridized carbons (Fsp3) is 0.769. The van der Waals surface area contributed by atoms with Crippen LogP contribution in [-0.4, -0.2) is 22.4 Å². The zero-order valence-electron chi connectivity index (χ0n) is 11.2. The Balaban J connectivity index is 2.64. The second-order valence-corrected chi connectivity index (χ2v) is 4.62. The Hall–Kier alpha value is -0.830. The van der Waals surface area contributed by atoms with E-state index in [1.54, 1.807) is 0 Å². The highest BCUT2D eigenvalue weighted by molar-refractivity contribution is 5.10. The largest absolute Gasteiger partial charge is 0.314 e. The molecule has 0 spiro atoms. The van der Waals surface area contributed by atoms with Crippen molar-refractivity contribution in [3.8, 4) is 0 Å². The summed E-state index contributed by atoms with van der Waals surface area (Å²) in [5, 5.41) is 7.96. The van der Waals surface area contributed by atoms with E-state index in [4.69, 9.17) is 0 Å². The molecule has 92 valence electrons. The van der Waals surface area contributed by atoms with Crippen molar-refractivity contribution < 1.29 is 0 Å². The molecule has 16 heavy (non-hydrogen) atoms. The first-order valence-electron chi connectivity index (χ1n) is 6.35. The van der Waals surface area contributed by atoms with Crippen LogP contribution >= 0.6 is 0 Å². The molecule has 1 aromatic heterocycles. The first-order valence-corrected chi connectivity index (χ1v) is 6.35. The summed E-state index contributed by atoms with van der Waals surface area (Å²) in [7, 11) is 0. The van der Waals surface area contributed by atoms with Crippen LogP contribution < -0.4 is 5.32 Å². The van der Waals surface area contributed by atoms with E-state index >= 15 is 0 Å². The van der Waals surface area contributed by atoms with Gasteiger partial charge in [-0.1, -0.05) is 13.8 Å². The van der Waals surface area contributed by atoms with Crippen LogP contribution in [0.2, 0.25) is 0 Å². The number of hydrogen-bond donors (Lipinski definition) is 1. The third-order valence-corrected chi connectivity index (χ3v) is 3.20. The molecule has 3 nitrogen and oxygen atoms in total. The quantitative estimate of drug-likeness (QED) is 0.802. The van der Waals surface area contributed by atoms with Gasteiger partial charge in [-0.15, -0.1) is 0 Å². The van der Waals surface area contributed by atoms with Crippen LogP contribution in [0.5, 0.6) is 0 Å². The van der Waals surface area contributed by atoms with Crippen molar-refractivity contribution in [1.82, 2.24) is 15.1 Å². The summed E-state index contributed by atoms with van der Waals surface area (Å²) < 4.78 is 2.12. The lowest BCUT2D eigenvalue weighted by Gasteiger charge is -2.20. The van der Waals surface area contributed by atoms with Crippen molar-refractivity contribution in [1.29, 1.82) is 0 Å². The Labute approximate surface area is 99.2 Å². The summed E-state index contributed by atoms with van der Waals surface area (Å²) in [6.45, 7) is 12.9. The van der Waals surface area contributed by atoms with Crippen LogP contribution in [0.4, 0.5) is 0 Å². The third kappa shape index (κ3) is 3.34. The Morgan fingerprint density at radius 3 is 2.62 bits per heavy atom. The Morgan fingerprint density at radius 2 is 2.06 bits per heavy atom. The minimum atomic E-state index is 0.561. The van der Waals surface area contributed by atoms with Gasteiger partial charge in [0.2, 0.25) is 0 Å². The zero-order valence-corrected chi connectivity index (χ0v) is 11.2. The monoisotopic (exact) mass is 223 g/mol. The summed E-state index contributed by atoms with van der Waals surface area (Å²) >= 11 is 0. The number of rotatable bonds is 6. The second-order valence-electron chi connectivity index (χ2n) is 4.62. The van der Waals surface area contributed by atoms with E-state index in [0.29, 0.717) is 12.0 Å². The molecule has 0 aliphatic carbocycles. The van der Waals surface area contributed by atoms with Crippen LogP contribution in [0.3, 0.4) is 0 Å². The van der Waals surface area contributed by atoms with Gasteiger partial charge >= 0.3 is 0 Å². The second kappa shape index (κ2) is 6.04. The van der Waals surface area contributed by atoms with E-state index in [0.717, 1.165) is 25.2 Å². The van der Waals surface area contributed by atoms with Gasteiger partial charge in [-0.3, -0.25) is 4.68 Å². The molecule has 0 bridgehead atoms. The van der Waals surface area contributed by atoms with Crippen molar-refractivity contribution >= 4 is 0 Å². The van der Waals surface area contributed by atoms with Crippen LogP contribution in [-0.2, 0) is 13.0 Å². The van der Waals surface area contributed by atoms with Crippen LogP contribution in [0, 0.1) is 12.8 Å². The van der Waals surface area contributed by atoms with Gasteiger partial charge in [0.15, 0.2) is 0 Å². The molecule has 0 amide bonds. The maximum absolute atomic E-state index is 4.48. The number of nitrogens with one attached hydrogen (secondary N) is 1. The number of hydrogen-bond acceptors (Lipinski definition) is 2. The molecule has 1 heterocycles. The Kier molecular flexibility index (Phi) is 5.00. The number of aromatic nitrogens is 2. The fourth-order valence-corrected chi connectivity index (χ4v) is 2.07. The number of nitrogens with zero attached hydrogens (tertiary/aromatic N) is 2. The first-order chi connectivity index (χ1) is 7.58. The molecular formula is C13H25N3. The molecule has 2 atom stereocenters. The lowest BCUT2D eigenvalue weighted by Crippen LogP contribution is -2.33. The summed E-state index contributed by atoms with van der Waals surface area (Å²) in [6.07, 6.45) is 1.10. The average Bonchev–Trinajstić information content (AvgIpc) is 2.59. The maximum Gasteiger partial charge on any atom is 0.0596 e. The predicted molar refractivity (Wildman–Crippen MR) is 68.6 cm³/mol. The van der Waals surface area contributed by atoms with E-state index in [1.165, 1.54) is 5.69 Å². The topological polar surface area (TPSA) is 29.9 Å². The molecule has 0 radical (unpaired) electrons. The van der Waals surface area contributed by atoms with Crippen LogP contribution in [0.15, 0.2) is 6.07 Å².